The number of thiazole rings is 1. The molecule has 0 unspecified atom stereocenters. The van der Waals surface area contributed by atoms with Crippen LogP contribution in [0, 0.1) is 5.92 Å². The topological polar surface area (TPSA) is 37.4 Å². The molecule has 2 fully saturated rings. The lowest BCUT2D eigenvalue weighted by molar-refractivity contribution is 0.131. The number of hydrogen-bond acceptors (Lipinski definition) is 5. The van der Waals surface area contributed by atoms with Crippen LogP contribution in [0.25, 0.3) is 0 Å². The number of likely N-dealkylation sites (N-methyl/N-ethyl adjacent to an activating group) is 1. The minimum atomic E-state index is 0.725. The van der Waals surface area contributed by atoms with Gasteiger partial charge in [0.1, 0.15) is 0 Å². The SMILES string of the molecule is CNCc1sc(N(C)CCOCC2CC2)nc1C1CC1. The Hall–Kier alpha value is -0.650. The normalized spacial score (nSPS) is 18.5. The quantitative estimate of drug-likeness (QED) is 0.711. The zero-order valence-corrected chi connectivity index (χ0v) is 13.3. The molecule has 0 saturated heterocycles. The Kier molecular flexibility index (Phi) is 4.58. The van der Waals surface area contributed by atoms with E-state index in [2.05, 4.69) is 17.3 Å². The van der Waals surface area contributed by atoms with Gasteiger partial charge in [-0.1, -0.05) is 0 Å². The van der Waals surface area contributed by atoms with E-state index >= 15 is 0 Å². The molecule has 1 heterocycles. The molecule has 112 valence electrons. The zero-order valence-electron chi connectivity index (χ0n) is 12.5. The highest BCUT2D eigenvalue weighted by molar-refractivity contribution is 7.15. The van der Waals surface area contributed by atoms with Crippen LogP contribution in [0.4, 0.5) is 5.13 Å². The largest absolute Gasteiger partial charge is 0.379 e. The first kappa shape index (κ1) is 14.3. The molecule has 0 aliphatic heterocycles. The molecule has 0 radical (unpaired) electrons. The van der Waals surface area contributed by atoms with Crippen LogP contribution in [0.15, 0.2) is 0 Å². The standard InChI is InChI=1S/C15H25N3OS/c1-16-9-13-14(12-5-6-12)17-15(20-13)18(2)7-8-19-10-11-3-4-11/h11-12,16H,3-10H2,1-2H3. The van der Waals surface area contributed by atoms with E-state index in [1.165, 1.54) is 36.3 Å². The molecule has 0 aromatic carbocycles. The average Bonchev–Trinajstić information content (AvgIpc) is 3.35. The first-order valence-electron chi connectivity index (χ1n) is 7.71. The lowest BCUT2D eigenvalue weighted by Gasteiger charge is -2.15. The van der Waals surface area contributed by atoms with Crippen molar-refractivity contribution in [2.24, 2.45) is 5.92 Å². The van der Waals surface area contributed by atoms with Crippen molar-refractivity contribution in [2.75, 3.05) is 38.8 Å². The first-order valence-corrected chi connectivity index (χ1v) is 8.52. The van der Waals surface area contributed by atoms with Crippen molar-refractivity contribution in [3.8, 4) is 0 Å². The van der Waals surface area contributed by atoms with Crippen molar-refractivity contribution in [1.29, 1.82) is 0 Å². The van der Waals surface area contributed by atoms with Crippen LogP contribution in [0.2, 0.25) is 0 Å². The summed E-state index contributed by atoms with van der Waals surface area (Å²) in [5.74, 6) is 1.58. The lowest BCUT2D eigenvalue weighted by atomic mass is 10.2. The molecule has 2 aliphatic carbocycles. The molecule has 5 heteroatoms. The second-order valence-electron chi connectivity index (χ2n) is 6.05. The van der Waals surface area contributed by atoms with Crippen LogP contribution in [0.3, 0.4) is 0 Å². The van der Waals surface area contributed by atoms with Gasteiger partial charge in [0.25, 0.3) is 0 Å². The molecule has 1 aromatic rings. The summed E-state index contributed by atoms with van der Waals surface area (Å²) >= 11 is 1.83. The maximum atomic E-state index is 5.72. The van der Waals surface area contributed by atoms with E-state index < -0.39 is 0 Å². The lowest BCUT2D eigenvalue weighted by Crippen LogP contribution is -2.22. The Morgan fingerprint density at radius 2 is 2.15 bits per heavy atom. The minimum Gasteiger partial charge on any atom is -0.379 e. The molecular weight excluding hydrogens is 270 g/mol. The molecule has 2 aliphatic rings. The van der Waals surface area contributed by atoms with Gasteiger partial charge in [-0.05, 0) is 38.6 Å². The van der Waals surface area contributed by atoms with Gasteiger partial charge in [0.15, 0.2) is 5.13 Å². The van der Waals surface area contributed by atoms with Crippen LogP contribution in [-0.4, -0.2) is 38.8 Å². The molecule has 0 bridgehead atoms. The van der Waals surface area contributed by atoms with Gasteiger partial charge in [-0.25, -0.2) is 4.98 Å². The van der Waals surface area contributed by atoms with E-state index in [1.54, 1.807) is 0 Å². The van der Waals surface area contributed by atoms with Crippen molar-refractivity contribution < 1.29 is 4.74 Å². The number of nitrogens with one attached hydrogen (secondary N) is 1. The molecule has 20 heavy (non-hydrogen) atoms. The van der Waals surface area contributed by atoms with Gasteiger partial charge < -0.3 is 15.0 Å². The van der Waals surface area contributed by atoms with Crippen molar-refractivity contribution in [3.63, 3.8) is 0 Å². The van der Waals surface area contributed by atoms with Crippen LogP contribution in [-0.2, 0) is 11.3 Å². The van der Waals surface area contributed by atoms with Crippen LogP contribution >= 0.6 is 11.3 Å². The molecule has 0 amide bonds. The van der Waals surface area contributed by atoms with Crippen LogP contribution < -0.4 is 10.2 Å². The fourth-order valence-electron chi connectivity index (χ4n) is 2.31. The third-order valence-electron chi connectivity index (χ3n) is 3.97. The van der Waals surface area contributed by atoms with Crippen molar-refractivity contribution in [1.82, 2.24) is 10.3 Å². The van der Waals surface area contributed by atoms with E-state index in [0.29, 0.717) is 0 Å². The van der Waals surface area contributed by atoms with Gasteiger partial charge in [0, 0.05) is 37.5 Å². The molecule has 1 N–H and O–H groups in total. The van der Waals surface area contributed by atoms with E-state index in [9.17, 15) is 0 Å². The van der Waals surface area contributed by atoms with Gasteiger partial charge in [-0.15, -0.1) is 11.3 Å². The summed E-state index contributed by atoms with van der Waals surface area (Å²) in [7, 11) is 4.13. The summed E-state index contributed by atoms with van der Waals surface area (Å²) in [6, 6.07) is 0. The predicted molar refractivity (Wildman–Crippen MR) is 83.7 cm³/mol. The average molecular weight is 295 g/mol. The summed E-state index contributed by atoms with van der Waals surface area (Å²) in [5.41, 5.74) is 1.34. The van der Waals surface area contributed by atoms with Gasteiger partial charge in [-0.3, -0.25) is 0 Å². The third-order valence-corrected chi connectivity index (χ3v) is 5.15. The minimum absolute atomic E-state index is 0.725. The first-order chi connectivity index (χ1) is 9.78. The second-order valence-corrected chi connectivity index (χ2v) is 7.11. The Labute approximate surface area is 125 Å². The number of ether oxygens (including phenoxy) is 1. The highest BCUT2D eigenvalue weighted by Gasteiger charge is 2.30. The molecule has 0 atom stereocenters. The number of aromatic nitrogens is 1. The maximum absolute atomic E-state index is 5.72. The van der Waals surface area contributed by atoms with Gasteiger partial charge in [0.05, 0.1) is 12.3 Å². The predicted octanol–water partition coefficient (Wildman–Crippen LogP) is 2.60. The van der Waals surface area contributed by atoms with Crippen LogP contribution in [0.1, 0.15) is 42.2 Å². The van der Waals surface area contributed by atoms with E-state index in [4.69, 9.17) is 9.72 Å². The Morgan fingerprint density at radius 1 is 1.35 bits per heavy atom. The fourth-order valence-corrected chi connectivity index (χ4v) is 3.45. The van der Waals surface area contributed by atoms with Crippen molar-refractivity contribution in [2.45, 2.75) is 38.1 Å². The monoisotopic (exact) mass is 295 g/mol. The van der Waals surface area contributed by atoms with Gasteiger partial charge >= 0.3 is 0 Å². The molecule has 1 aromatic heterocycles. The smallest absolute Gasteiger partial charge is 0.185 e. The van der Waals surface area contributed by atoms with E-state index in [0.717, 1.165) is 43.3 Å². The van der Waals surface area contributed by atoms with Crippen LogP contribution in [0.5, 0.6) is 0 Å². The Balaban J connectivity index is 1.52. The maximum Gasteiger partial charge on any atom is 0.185 e. The highest BCUT2D eigenvalue weighted by atomic mass is 32.1. The number of anilines is 1. The summed E-state index contributed by atoms with van der Waals surface area (Å²) in [5, 5.41) is 4.40. The zero-order chi connectivity index (χ0) is 13.9. The summed E-state index contributed by atoms with van der Waals surface area (Å²) in [6.45, 7) is 3.63. The van der Waals surface area contributed by atoms with Crippen molar-refractivity contribution >= 4 is 16.5 Å². The van der Waals surface area contributed by atoms with E-state index in [1.807, 2.05) is 18.4 Å². The number of hydrogen-bond donors (Lipinski definition) is 1. The molecule has 0 spiro atoms. The summed E-state index contributed by atoms with van der Waals surface area (Å²) < 4.78 is 5.72. The number of rotatable bonds is 9. The Bertz CT molecular complexity index is 440. The highest BCUT2D eigenvalue weighted by Crippen LogP contribution is 2.44. The number of nitrogens with zero attached hydrogens (tertiary/aromatic N) is 2. The molecule has 2 saturated carbocycles. The summed E-state index contributed by atoms with van der Waals surface area (Å²) in [6.07, 6.45) is 5.35. The van der Waals surface area contributed by atoms with E-state index in [-0.39, 0.29) is 0 Å². The van der Waals surface area contributed by atoms with Gasteiger partial charge in [-0.2, -0.15) is 0 Å². The van der Waals surface area contributed by atoms with Crippen molar-refractivity contribution in [3.05, 3.63) is 10.6 Å². The Morgan fingerprint density at radius 3 is 2.80 bits per heavy atom. The molecule has 3 rings (SSSR count). The summed E-state index contributed by atoms with van der Waals surface area (Å²) in [4.78, 5) is 8.52. The van der Waals surface area contributed by atoms with Gasteiger partial charge in [0.2, 0.25) is 0 Å². The second kappa shape index (κ2) is 6.41. The molecular formula is C15H25N3OS. The fraction of sp³-hybridized carbons (Fsp3) is 0.800. The third kappa shape index (κ3) is 3.71. The molecule has 4 nitrogen and oxygen atoms in total.